The molecule has 1 aliphatic heterocycles. The standard InChI is InChI=1S/C12H18N3O2/c1-13-7-9-15(2,10-8-13)12-5-3-11(4-6-12)14(16)17/h3-6H,7-10H2,1-2H3/q+1. The predicted molar refractivity (Wildman–Crippen MR) is 68.0 cm³/mol. The van der Waals surface area contributed by atoms with Gasteiger partial charge in [0, 0.05) is 37.4 Å². The van der Waals surface area contributed by atoms with E-state index in [0.717, 1.165) is 36.3 Å². The highest BCUT2D eigenvalue weighted by Crippen LogP contribution is 2.25. The van der Waals surface area contributed by atoms with E-state index in [-0.39, 0.29) is 10.6 Å². The highest BCUT2D eigenvalue weighted by atomic mass is 16.6. The van der Waals surface area contributed by atoms with E-state index in [1.807, 2.05) is 12.1 Å². The van der Waals surface area contributed by atoms with Gasteiger partial charge in [0.05, 0.1) is 25.1 Å². The zero-order valence-electron chi connectivity index (χ0n) is 10.3. The Morgan fingerprint density at radius 1 is 1.24 bits per heavy atom. The third-order valence-electron chi connectivity index (χ3n) is 3.63. The molecule has 1 aliphatic rings. The van der Waals surface area contributed by atoms with Gasteiger partial charge in [-0.2, -0.15) is 0 Å². The minimum absolute atomic E-state index is 0.162. The van der Waals surface area contributed by atoms with E-state index in [0.29, 0.717) is 0 Å². The summed E-state index contributed by atoms with van der Waals surface area (Å²) in [5.74, 6) is 0. The van der Waals surface area contributed by atoms with Crippen LogP contribution >= 0.6 is 0 Å². The molecule has 1 aromatic carbocycles. The molecule has 0 aliphatic carbocycles. The van der Waals surface area contributed by atoms with Crippen LogP contribution in [0.4, 0.5) is 11.4 Å². The fourth-order valence-electron chi connectivity index (χ4n) is 2.20. The maximum Gasteiger partial charge on any atom is 0.269 e. The average molecular weight is 236 g/mol. The molecule has 0 spiro atoms. The van der Waals surface area contributed by atoms with Crippen LogP contribution in [0.5, 0.6) is 0 Å². The van der Waals surface area contributed by atoms with Gasteiger partial charge in [-0.3, -0.25) is 19.5 Å². The molecule has 17 heavy (non-hydrogen) atoms. The quantitative estimate of drug-likeness (QED) is 0.444. The number of nitro groups is 1. The topological polar surface area (TPSA) is 46.4 Å². The lowest BCUT2D eigenvalue weighted by Gasteiger charge is -2.40. The van der Waals surface area contributed by atoms with Gasteiger partial charge in [-0.25, -0.2) is 0 Å². The number of nitro benzene ring substituents is 1. The number of likely N-dealkylation sites (N-methyl/N-ethyl adjacent to an activating group) is 2. The summed E-state index contributed by atoms with van der Waals surface area (Å²) in [7, 11) is 4.31. The lowest BCUT2D eigenvalue weighted by molar-refractivity contribution is -0.384. The first-order valence-corrected chi connectivity index (χ1v) is 5.79. The minimum Gasteiger partial charge on any atom is -0.295 e. The summed E-state index contributed by atoms with van der Waals surface area (Å²) >= 11 is 0. The van der Waals surface area contributed by atoms with Crippen molar-refractivity contribution in [3.8, 4) is 0 Å². The van der Waals surface area contributed by atoms with Crippen LogP contribution in [0.3, 0.4) is 0 Å². The molecule has 5 heteroatoms. The third kappa shape index (κ3) is 2.45. The van der Waals surface area contributed by atoms with Crippen molar-refractivity contribution >= 4 is 11.4 Å². The van der Waals surface area contributed by atoms with Crippen molar-refractivity contribution in [1.82, 2.24) is 9.38 Å². The van der Waals surface area contributed by atoms with E-state index < -0.39 is 0 Å². The number of rotatable bonds is 2. The van der Waals surface area contributed by atoms with Crippen LogP contribution in [-0.4, -0.2) is 50.1 Å². The molecule has 0 amide bonds. The van der Waals surface area contributed by atoms with Crippen molar-refractivity contribution in [3.05, 3.63) is 34.4 Å². The van der Waals surface area contributed by atoms with E-state index in [9.17, 15) is 10.1 Å². The van der Waals surface area contributed by atoms with Gasteiger partial charge < -0.3 is 0 Å². The number of nitrogens with zero attached hydrogens (tertiary/aromatic N) is 3. The summed E-state index contributed by atoms with van der Waals surface area (Å²) in [4.78, 5) is 12.6. The number of piperazine rings is 1. The molecule has 0 unspecified atom stereocenters. The van der Waals surface area contributed by atoms with Gasteiger partial charge in [0.25, 0.3) is 5.69 Å². The van der Waals surface area contributed by atoms with E-state index >= 15 is 0 Å². The van der Waals surface area contributed by atoms with Crippen LogP contribution in [0.15, 0.2) is 24.3 Å². The first-order valence-electron chi connectivity index (χ1n) is 5.79. The molecule has 2 rings (SSSR count). The number of hydrogen-bond acceptors (Lipinski definition) is 3. The second kappa shape index (κ2) is 4.43. The summed E-state index contributed by atoms with van der Waals surface area (Å²) in [5.41, 5.74) is 1.32. The van der Waals surface area contributed by atoms with Crippen molar-refractivity contribution in [3.63, 3.8) is 0 Å². The lowest BCUT2D eigenvalue weighted by atomic mass is 10.2. The first-order chi connectivity index (χ1) is 8.01. The zero-order valence-corrected chi connectivity index (χ0v) is 10.3. The van der Waals surface area contributed by atoms with Gasteiger partial charge in [-0.1, -0.05) is 0 Å². The Morgan fingerprint density at radius 2 is 1.76 bits per heavy atom. The molecule has 0 aromatic heterocycles. The summed E-state index contributed by atoms with van der Waals surface area (Å²) < 4.78 is 0.863. The van der Waals surface area contributed by atoms with Crippen molar-refractivity contribution < 1.29 is 4.92 Å². The SMILES string of the molecule is CN1CC[N+](C)(c2ccc([N+](=O)[O-])cc2)CC1. The van der Waals surface area contributed by atoms with Gasteiger partial charge in [0.1, 0.15) is 5.69 Å². The van der Waals surface area contributed by atoms with Crippen LogP contribution in [0.25, 0.3) is 0 Å². The van der Waals surface area contributed by atoms with Crippen molar-refractivity contribution in [2.75, 3.05) is 40.3 Å². The molecular weight excluding hydrogens is 218 g/mol. The van der Waals surface area contributed by atoms with Crippen LogP contribution in [-0.2, 0) is 0 Å². The van der Waals surface area contributed by atoms with Crippen molar-refractivity contribution in [2.24, 2.45) is 0 Å². The molecule has 92 valence electrons. The van der Waals surface area contributed by atoms with Gasteiger partial charge in [0.2, 0.25) is 0 Å². The summed E-state index contributed by atoms with van der Waals surface area (Å²) in [5, 5.41) is 10.6. The fourth-order valence-corrected chi connectivity index (χ4v) is 2.20. The highest BCUT2D eigenvalue weighted by Gasteiger charge is 2.29. The van der Waals surface area contributed by atoms with Crippen LogP contribution in [0.1, 0.15) is 0 Å². The highest BCUT2D eigenvalue weighted by molar-refractivity contribution is 5.48. The number of benzene rings is 1. The van der Waals surface area contributed by atoms with E-state index in [1.54, 1.807) is 12.1 Å². The Hall–Kier alpha value is -1.46. The lowest BCUT2D eigenvalue weighted by Crippen LogP contribution is -2.57. The van der Waals surface area contributed by atoms with Gasteiger partial charge in [-0.15, -0.1) is 0 Å². The minimum atomic E-state index is -0.353. The molecule has 1 saturated heterocycles. The largest absolute Gasteiger partial charge is 0.295 e. The zero-order chi connectivity index (χ0) is 12.5. The molecule has 0 saturated carbocycles. The van der Waals surface area contributed by atoms with Crippen LogP contribution in [0, 0.1) is 10.1 Å². The smallest absolute Gasteiger partial charge is 0.269 e. The van der Waals surface area contributed by atoms with E-state index in [2.05, 4.69) is 19.0 Å². The molecular formula is C12H18N3O2+. The number of hydrogen-bond donors (Lipinski definition) is 0. The van der Waals surface area contributed by atoms with Crippen molar-refractivity contribution in [1.29, 1.82) is 0 Å². The first kappa shape index (κ1) is 12.0. The Bertz CT molecular complexity index is 408. The molecule has 0 atom stereocenters. The maximum atomic E-state index is 10.6. The van der Waals surface area contributed by atoms with Gasteiger partial charge >= 0.3 is 0 Å². The molecule has 1 heterocycles. The van der Waals surface area contributed by atoms with Crippen LogP contribution in [0.2, 0.25) is 0 Å². The second-order valence-corrected chi connectivity index (χ2v) is 4.92. The van der Waals surface area contributed by atoms with Gasteiger partial charge in [-0.05, 0) is 7.05 Å². The van der Waals surface area contributed by atoms with Crippen molar-refractivity contribution in [2.45, 2.75) is 0 Å². The molecule has 5 nitrogen and oxygen atoms in total. The number of non-ortho nitro benzene ring substituents is 1. The summed E-state index contributed by atoms with van der Waals surface area (Å²) in [6.45, 7) is 4.23. The molecule has 1 aromatic rings. The van der Waals surface area contributed by atoms with E-state index in [4.69, 9.17) is 0 Å². The number of quaternary nitrogens is 1. The van der Waals surface area contributed by atoms with Crippen LogP contribution < -0.4 is 4.48 Å². The molecule has 0 bridgehead atoms. The third-order valence-corrected chi connectivity index (χ3v) is 3.63. The monoisotopic (exact) mass is 236 g/mol. The Balaban J connectivity index is 2.19. The Morgan fingerprint density at radius 3 is 2.24 bits per heavy atom. The molecule has 1 fully saturated rings. The molecule has 0 N–H and O–H groups in total. The fraction of sp³-hybridized carbons (Fsp3) is 0.500. The normalized spacial score (nSPS) is 20.1. The molecule has 0 radical (unpaired) electrons. The van der Waals surface area contributed by atoms with E-state index in [1.165, 1.54) is 0 Å². The Labute approximate surface area is 101 Å². The summed E-state index contributed by atoms with van der Waals surface area (Å²) in [6.07, 6.45) is 0. The van der Waals surface area contributed by atoms with Gasteiger partial charge in [0.15, 0.2) is 0 Å². The summed E-state index contributed by atoms with van der Waals surface area (Å²) in [6, 6.07) is 6.95. The Kier molecular flexibility index (Phi) is 3.13. The predicted octanol–water partition coefficient (Wildman–Crippen LogP) is 1.48. The second-order valence-electron chi connectivity index (χ2n) is 4.92. The average Bonchev–Trinajstić information content (AvgIpc) is 2.33. The maximum absolute atomic E-state index is 10.6.